The third kappa shape index (κ3) is 2.74. The van der Waals surface area contributed by atoms with E-state index in [1.54, 1.807) is 19.1 Å². The van der Waals surface area contributed by atoms with E-state index in [4.69, 9.17) is 4.74 Å². The van der Waals surface area contributed by atoms with Gasteiger partial charge in [0.05, 0.1) is 7.11 Å². The second-order valence-corrected chi connectivity index (χ2v) is 4.32. The zero-order valence-corrected chi connectivity index (χ0v) is 10.7. The molecule has 1 unspecified atom stereocenters. The summed E-state index contributed by atoms with van der Waals surface area (Å²) in [5.41, 5.74) is 1.38. The van der Waals surface area contributed by atoms with Crippen molar-refractivity contribution in [3.8, 4) is 5.75 Å². The van der Waals surface area contributed by atoms with E-state index in [0.29, 0.717) is 5.56 Å². The van der Waals surface area contributed by atoms with Crippen molar-refractivity contribution in [2.45, 2.75) is 13.0 Å². The van der Waals surface area contributed by atoms with Crippen LogP contribution in [0.2, 0.25) is 0 Å². The highest BCUT2D eigenvalue weighted by Gasteiger charge is 2.17. The van der Waals surface area contributed by atoms with Gasteiger partial charge in [0.25, 0.3) is 0 Å². The number of hydrogen-bond donors (Lipinski definition) is 1. The third-order valence-corrected chi connectivity index (χ3v) is 2.94. The molecule has 2 aromatic rings. The lowest BCUT2D eigenvalue weighted by atomic mass is 9.99. The average Bonchev–Trinajstić information content (AvgIpc) is 2.41. The summed E-state index contributed by atoms with van der Waals surface area (Å²) in [4.78, 5) is 0. The highest BCUT2D eigenvalue weighted by Crippen LogP contribution is 2.28. The number of hydrogen-bond acceptors (Lipinski definition) is 2. The Bertz CT molecular complexity index is 597. The molecule has 1 atom stereocenters. The molecule has 2 nitrogen and oxygen atoms in total. The summed E-state index contributed by atoms with van der Waals surface area (Å²) in [7, 11) is 1.34. The van der Waals surface area contributed by atoms with E-state index in [0.717, 1.165) is 5.56 Å². The van der Waals surface area contributed by atoms with Gasteiger partial charge in [-0.15, -0.1) is 0 Å². The van der Waals surface area contributed by atoms with Gasteiger partial charge in [0.15, 0.2) is 11.6 Å². The fourth-order valence-corrected chi connectivity index (χ4v) is 1.90. The Hall–Kier alpha value is -1.94. The third-order valence-electron chi connectivity index (χ3n) is 2.94. The van der Waals surface area contributed by atoms with E-state index in [-0.39, 0.29) is 11.3 Å². The van der Waals surface area contributed by atoms with Crippen molar-refractivity contribution in [3.05, 3.63) is 64.7 Å². The van der Waals surface area contributed by atoms with Gasteiger partial charge in [-0.05, 0) is 30.7 Å². The number of rotatable bonds is 3. The monoisotopic (exact) mass is 264 g/mol. The van der Waals surface area contributed by atoms with E-state index >= 15 is 0 Å². The number of ether oxygens (including phenoxy) is 1. The molecule has 0 saturated heterocycles. The number of methoxy groups -OCH3 is 1. The summed E-state index contributed by atoms with van der Waals surface area (Å²) in [5.74, 6) is -1.01. The van der Waals surface area contributed by atoms with Gasteiger partial charge in [-0.3, -0.25) is 0 Å². The SMILES string of the molecule is COc1cc(C(O)c2cc(C)ccc2F)ccc1F. The maximum absolute atomic E-state index is 13.7. The van der Waals surface area contributed by atoms with E-state index in [1.807, 2.05) is 0 Å². The Labute approximate surface area is 110 Å². The molecule has 0 saturated carbocycles. The van der Waals surface area contributed by atoms with Gasteiger partial charge in [-0.2, -0.15) is 0 Å². The first-order chi connectivity index (χ1) is 9.02. The first-order valence-electron chi connectivity index (χ1n) is 5.80. The molecule has 0 aromatic heterocycles. The van der Waals surface area contributed by atoms with E-state index in [2.05, 4.69) is 0 Å². The predicted octanol–water partition coefficient (Wildman–Crippen LogP) is 3.36. The van der Waals surface area contributed by atoms with Crippen molar-refractivity contribution in [1.82, 2.24) is 0 Å². The predicted molar refractivity (Wildman–Crippen MR) is 68.2 cm³/mol. The molecule has 4 heteroatoms. The normalized spacial score (nSPS) is 12.3. The van der Waals surface area contributed by atoms with Crippen LogP contribution in [0.1, 0.15) is 22.8 Å². The molecule has 1 N–H and O–H groups in total. The average molecular weight is 264 g/mol. The highest BCUT2D eigenvalue weighted by atomic mass is 19.1. The Balaban J connectivity index is 2.43. The summed E-state index contributed by atoms with van der Waals surface area (Å²) >= 11 is 0. The molecule has 0 fully saturated rings. The van der Waals surface area contributed by atoms with Crippen LogP contribution in [0.15, 0.2) is 36.4 Å². The molecule has 0 spiro atoms. The summed E-state index contributed by atoms with van der Waals surface area (Å²) in [6, 6.07) is 8.44. The smallest absolute Gasteiger partial charge is 0.165 e. The van der Waals surface area contributed by atoms with Gasteiger partial charge in [0.2, 0.25) is 0 Å². The first-order valence-corrected chi connectivity index (χ1v) is 5.80. The topological polar surface area (TPSA) is 29.5 Å². The minimum atomic E-state index is -1.16. The Morgan fingerprint density at radius 2 is 1.74 bits per heavy atom. The molecule has 2 aromatic carbocycles. The van der Waals surface area contributed by atoms with E-state index < -0.39 is 17.7 Å². The second-order valence-electron chi connectivity index (χ2n) is 4.32. The summed E-state index contributed by atoms with van der Waals surface area (Å²) < 4.78 is 31.8. The number of aliphatic hydroxyl groups is 1. The Morgan fingerprint density at radius 3 is 2.42 bits per heavy atom. The van der Waals surface area contributed by atoms with Gasteiger partial charge in [0, 0.05) is 5.56 Å². The molecule has 0 aliphatic heterocycles. The lowest BCUT2D eigenvalue weighted by Crippen LogP contribution is -2.04. The van der Waals surface area contributed by atoms with Gasteiger partial charge in [-0.25, -0.2) is 8.78 Å². The van der Waals surface area contributed by atoms with Crippen molar-refractivity contribution in [1.29, 1.82) is 0 Å². The van der Waals surface area contributed by atoms with Crippen LogP contribution in [-0.2, 0) is 0 Å². The van der Waals surface area contributed by atoms with Crippen molar-refractivity contribution in [2.75, 3.05) is 7.11 Å². The molecule has 19 heavy (non-hydrogen) atoms. The number of aryl methyl sites for hydroxylation is 1. The van der Waals surface area contributed by atoms with Crippen LogP contribution in [0, 0.1) is 18.6 Å². The molecule has 0 heterocycles. The van der Waals surface area contributed by atoms with Gasteiger partial charge >= 0.3 is 0 Å². The van der Waals surface area contributed by atoms with E-state index in [9.17, 15) is 13.9 Å². The summed E-state index contributed by atoms with van der Waals surface area (Å²) in [6.07, 6.45) is -1.16. The maximum atomic E-state index is 13.7. The Morgan fingerprint density at radius 1 is 1.05 bits per heavy atom. The van der Waals surface area contributed by atoms with Gasteiger partial charge in [0.1, 0.15) is 11.9 Å². The largest absolute Gasteiger partial charge is 0.494 e. The van der Waals surface area contributed by atoms with Crippen LogP contribution >= 0.6 is 0 Å². The standard InChI is InChI=1S/C15H14F2O2/c1-9-3-5-12(16)11(7-9)15(18)10-4-6-13(17)14(8-10)19-2/h3-8,15,18H,1-2H3. The summed E-state index contributed by atoms with van der Waals surface area (Å²) in [5, 5.41) is 10.2. The number of benzene rings is 2. The molecule has 100 valence electrons. The van der Waals surface area contributed by atoms with Crippen LogP contribution in [0.25, 0.3) is 0 Å². The number of aliphatic hydroxyl groups excluding tert-OH is 1. The number of halogens is 2. The molecule has 0 amide bonds. The minimum Gasteiger partial charge on any atom is -0.494 e. The molecule has 2 rings (SSSR count). The zero-order chi connectivity index (χ0) is 14.0. The van der Waals surface area contributed by atoms with Gasteiger partial charge < -0.3 is 9.84 Å². The van der Waals surface area contributed by atoms with Crippen LogP contribution in [0.3, 0.4) is 0 Å². The van der Waals surface area contributed by atoms with Crippen LogP contribution < -0.4 is 4.74 Å². The summed E-state index contributed by atoms with van der Waals surface area (Å²) in [6.45, 7) is 1.81. The fourth-order valence-electron chi connectivity index (χ4n) is 1.90. The Kier molecular flexibility index (Phi) is 3.81. The quantitative estimate of drug-likeness (QED) is 0.921. The molecule has 0 aliphatic carbocycles. The molecular weight excluding hydrogens is 250 g/mol. The van der Waals surface area contributed by atoms with Crippen molar-refractivity contribution in [3.63, 3.8) is 0 Å². The molecule has 0 aliphatic rings. The molecule has 0 radical (unpaired) electrons. The second kappa shape index (κ2) is 5.36. The zero-order valence-electron chi connectivity index (χ0n) is 10.7. The lowest BCUT2D eigenvalue weighted by molar-refractivity contribution is 0.214. The van der Waals surface area contributed by atoms with Crippen LogP contribution in [0.4, 0.5) is 8.78 Å². The molecular formula is C15H14F2O2. The van der Waals surface area contributed by atoms with E-state index in [1.165, 1.54) is 31.4 Å². The van der Waals surface area contributed by atoms with Crippen LogP contribution in [-0.4, -0.2) is 12.2 Å². The van der Waals surface area contributed by atoms with Crippen molar-refractivity contribution >= 4 is 0 Å². The molecule has 0 bridgehead atoms. The fraction of sp³-hybridized carbons (Fsp3) is 0.200. The maximum Gasteiger partial charge on any atom is 0.165 e. The lowest BCUT2D eigenvalue weighted by Gasteiger charge is -2.14. The highest BCUT2D eigenvalue weighted by molar-refractivity contribution is 5.37. The first kappa shape index (κ1) is 13.5. The van der Waals surface area contributed by atoms with Crippen molar-refractivity contribution < 1.29 is 18.6 Å². The van der Waals surface area contributed by atoms with Crippen LogP contribution in [0.5, 0.6) is 5.75 Å². The van der Waals surface area contributed by atoms with Gasteiger partial charge in [-0.1, -0.05) is 23.8 Å². The van der Waals surface area contributed by atoms with Crippen molar-refractivity contribution in [2.24, 2.45) is 0 Å². The minimum absolute atomic E-state index is 0.0182.